The molecule has 0 fully saturated rings. The van der Waals surface area contributed by atoms with E-state index in [0.717, 1.165) is 38.5 Å². The first kappa shape index (κ1) is 21.1. The fourth-order valence-electron chi connectivity index (χ4n) is 1.95. The lowest BCUT2D eigenvalue weighted by molar-refractivity contribution is -0.471. The lowest BCUT2D eigenvalue weighted by Gasteiger charge is -2.31. The number of hydrogen-bond acceptors (Lipinski definition) is 4. The molecule has 0 N–H and O–H groups in total. The summed E-state index contributed by atoms with van der Waals surface area (Å²) in [4.78, 5) is 0. The molecule has 0 aromatic heterocycles. The van der Waals surface area contributed by atoms with Gasteiger partial charge in [-0.05, 0) is 19.3 Å². The first-order chi connectivity index (χ1) is 10.2. The minimum Gasteiger partial charge on any atom is -0.357 e. The van der Waals surface area contributed by atoms with E-state index in [1.807, 2.05) is 0 Å². The Morgan fingerprint density at radius 3 is 1.19 bits per heavy atom. The molecular weight excluding hydrogens is 284 g/mol. The highest BCUT2D eigenvalue weighted by Crippen LogP contribution is 2.19. The van der Waals surface area contributed by atoms with Gasteiger partial charge in [0.2, 0.25) is 0 Å². The molecule has 0 spiro atoms. The van der Waals surface area contributed by atoms with E-state index in [1.165, 1.54) is 19.3 Å². The number of ether oxygens (including phenoxy) is 3. The average Bonchev–Trinajstić information content (AvgIpc) is 2.51. The Labute approximate surface area is 134 Å². The highest BCUT2D eigenvalue weighted by atomic mass is 28.2. The summed E-state index contributed by atoms with van der Waals surface area (Å²) in [6.45, 7) is 8.41. The number of hydrogen-bond donors (Lipinski definition) is 0. The molecule has 0 aliphatic carbocycles. The zero-order chi connectivity index (χ0) is 15.8. The third-order valence-electron chi connectivity index (χ3n) is 3.33. The van der Waals surface area contributed by atoms with Crippen LogP contribution in [0.2, 0.25) is 0 Å². The van der Waals surface area contributed by atoms with Gasteiger partial charge in [-0.1, -0.05) is 59.3 Å². The average molecular weight is 321 g/mol. The predicted octanol–water partition coefficient (Wildman–Crippen LogP) is 3.52. The zero-order valence-electron chi connectivity index (χ0n) is 14.6. The smallest absolute Gasteiger partial charge is 0.357 e. The van der Waals surface area contributed by atoms with Gasteiger partial charge in [-0.3, -0.25) is 0 Å². The van der Waals surface area contributed by atoms with Crippen molar-refractivity contribution in [3.63, 3.8) is 0 Å². The largest absolute Gasteiger partial charge is 0.402 e. The third kappa shape index (κ3) is 11.3. The second kappa shape index (κ2) is 15.0. The molecule has 0 amide bonds. The van der Waals surface area contributed by atoms with Gasteiger partial charge in [0.1, 0.15) is 0 Å². The Hall–Kier alpha value is 0.0569. The summed E-state index contributed by atoms with van der Waals surface area (Å²) in [5, 5.41) is 0. The predicted molar refractivity (Wildman–Crippen MR) is 90.2 cm³/mol. The van der Waals surface area contributed by atoms with Gasteiger partial charge in [-0.2, -0.15) is 0 Å². The topological polar surface area (TPSA) is 36.9 Å². The van der Waals surface area contributed by atoms with Crippen LogP contribution >= 0.6 is 0 Å². The van der Waals surface area contributed by atoms with E-state index in [-0.39, 0.29) is 0 Å². The van der Waals surface area contributed by atoms with Crippen molar-refractivity contribution in [3.8, 4) is 0 Å². The second-order valence-corrected chi connectivity index (χ2v) is 5.78. The maximum absolute atomic E-state index is 5.81. The minimum atomic E-state index is -1.25. The Morgan fingerprint density at radius 1 is 0.619 bits per heavy atom. The molecule has 0 rings (SSSR count). The van der Waals surface area contributed by atoms with Crippen molar-refractivity contribution >= 4 is 10.5 Å². The maximum atomic E-state index is 5.81. The highest BCUT2D eigenvalue weighted by Gasteiger charge is 2.33. The van der Waals surface area contributed by atoms with Crippen LogP contribution in [-0.2, 0) is 18.6 Å². The monoisotopic (exact) mass is 320 g/mol. The van der Waals surface area contributed by atoms with Crippen molar-refractivity contribution in [2.24, 2.45) is 0 Å². The van der Waals surface area contributed by atoms with Crippen LogP contribution in [0.3, 0.4) is 0 Å². The van der Waals surface area contributed by atoms with Crippen LogP contribution in [0.15, 0.2) is 0 Å². The molecule has 0 aromatic rings. The van der Waals surface area contributed by atoms with Gasteiger partial charge in [0.15, 0.2) is 10.5 Å². The van der Waals surface area contributed by atoms with Gasteiger partial charge >= 0.3 is 6.16 Å². The van der Waals surface area contributed by atoms with E-state index in [2.05, 4.69) is 20.8 Å². The van der Waals surface area contributed by atoms with Gasteiger partial charge in [0.05, 0.1) is 19.8 Å². The van der Waals surface area contributed by atoms with Crippen LogP contribution in [-0.4, -0.2) is 36.5 Å². The molecule has 5 heteroatoms. The lowest BCUT2D eigenvalue weighted by atomic mass is 10.3. The Kier molecular flexibility index (Phi) is 15.0. The summed E-state index contributed by atoms with van der Waals surface area (Å²) in [7, 11) is 0.529. The molecule has 21 heavy (non-hydrogen) atoms. The lowest BCUT2D eigenvalue weighted by Crippen LogP contribution is -2.42. The molecule has 0 radical (unpaired) electrons. The van der Waals surface area contributed by atoms with Crippen LogP contribution in [0.25, 0.3) is 0 Å². The van der Waals surface area contributed by atoms with E-state index >= 15 is 0 Å². The van der Waals surface area contributed by atoms with Crippen molar-refractivity contribution in [2.75, 3.05) is 19.8 Å². The van der Waals surface area contributed by atoms with Gasteiger partial charge in [-0.25, -0.2) is 0 Å². The minimum absolute atomic E-state index is 0.529. The normalized spacial score (nSPS) is 12.1. The van der Waals surface area contributed by atoms with E-state index in [0.29, 0.717) is 30.3 Å². The van der Waals surface area contributed by atoms with Crippen LogP contribution in [0, 0.1) is 0 Å². The summed E-state index contributed by atoms with van der Waals surface area (Å²) < 4.78 is 23.0. The standard InChI is InChI=1S/C16H36O4Si/c1-4-7-10-13-17-16(20-21,18-14-11-8-5-2)19-15-12-9-6-3/h4-15H2,1-3,21H3. The Balaban J connectivity index is 4.22. The van der Waals surface area contributed by atoms with Crippen molar-refractivity contribution in [1.82, 2.24) is 0 Å². The first-order valence-electron chi connectivity index (χ1n) is 8.71. The van der Waals surface area contributed by atoms with Gasteiger partial charge < -0.3 is 18.6 Å². The number of unbranched alkanes of at least 4 members (excludes halogenated alkanes) is 6. The molecule has 128 valence electrons. The molecule has 0 aliphatic rings. The second-order valence-electron chi connectivity index (χ2n) is 5.37. The van der Waals surface area contributed by atoms with E-state index in [4.69, 9.17) is 18.6 Å². The van der Waals surface area contributed by atoms with Gasteiger partial charge in [0, 0.05) is 0 Å². The zero-order valence-corrected chi connectivity index (χ0v) is 16.6. The fourth-order valence-corrected chi connectivity index (χ4v) is 2.30. The molecule has 0 saturated carbocycles. The van der Waals surface area contributed by atoms with Gasteiger partial charge in [0.25, 0.3) is 0 Å². The van der Waals surface area contributed by atoms with E-state index in [1.54, 1.807) is 0 Å². The van der Waals surface area contributed by atoms with Crippen LogP contribution in [0.4, 0.5) is 0 Å². The SMILES string of the molecule is CCCCCOC(O[SiH3])(OCCCCC)OCCCCC. The van der Waals surface area contributed by atoms with E-state index < -0.39 is 6.16 Å². The highest BCUT2D eigenvalue weighted by molar-refractivity contribution is 5.98. The molecular formula is C16H36O4Si. The number of rotatable bonds is 16. The van der Waals surface area contributed by atoms with Crippen molar-refractivity contribution in [1.29, 1.82) is 0 Å². The molecule has 0 aromatic carbocycles. The molecule has 0 bridgehead atoms. The summed E-state index contributed by atoms with van der Waals surface area (Å²) in [6, 6.07) is 0. The first-order valence-corrected chi connectivity index (χ1v) is 9.53. The summed E-state index contributed by atoms with van der Waals surface area (Å²) in [5.74, 6) is 0. The summed E-state index contributed by atoms with van der Waals surface area (Å²) in [6.07, 6.45) is 8.78. The van der Waals surface area contributed by atoms with Gasteiger partial charge in [-0.15, -0.1) is 0 Å². The maximum Gasteiger partial charge on any atom is 0.402 e. The van der Waals surface area contributed by atoms with Crippen molar-refractivity contribution in [2.45, 2.75) is 84.7 Å². The fraction of sp³-hybridized carbons (Fsp3) is 1.00. The molecule has 0 saturated heterocycles. The Morgan fingerprint density at radius 2 is 0.952 bits per heavy atom. The molecule has 0 unspecified atom stereocenters. The summed E-state index contributed by atoms with van der Waals surface area (Å²) in [5.41, 5.74) is 0. The van der Waals surface area contributed by atoms with Crippen LogP contribution < -0.4 is 0 Å². The third-order valence-corrected chi connectivity index (χ3v) is 3.83. The molecule has 4 nitrogen and oxygen atoms in total. The van der Waals surface area contributed by atoms with Crippen LogP contribution in [0.5, 0.6) is 0 Å². The molecule has 0 atom stereocenters. The van der Waals surface area contributed by atoms with Crippen molar-refractivity contribution < 1.29 is 18.6 Å². The summed E-state index contributed by atoms with van der Waals surface area (Å²) >= 11 is 0. The Bertz CT molecular complexity index is 183. The van der Waals surface area contributed by atoms with E-state index in [9.17, 15) is 0 Å². The van der Waals surface area contributed by atoms with Crippen molar-refractivity contribution in [3.05, 3.63) is 0 Å². The quantitative estimate of drug-likeness (QED) is 0.248. The molecule has 0 heterocycles. The van der Waals surface area contributed by atoms with Crippen LogP contribution in [0.1, 0.15) is 78.6 Å². The molecule has 0 aliphatic heterocycles.